The van der Waals surface area contributed by atoms with Crippen molar-refractivity contribution in [1.29, 1.82) is 0 Å². The van der Waals surface area contributed by atoms with Gasteiger partial charge in [0.1, 0.15) is 12.8 Å². The Morgan fingerprint density at radius 2 is 1.81 bits per heavy atom. The number of nitrogens with zero attached hydrogens (tertiary/aromatic N) is 3. The van der Waals surface area contributed by atoms with Crippen LogP contribution in [0.3, 0.4) is 0 Å². The van der Waals surface area contributed by atoms with Gasteiger partial charge in [0, 0.05) is 31.4 Å². The van der Waals surface area contributed by atoms with Gasteiger partial charge in [-0.2, -0.15) is 0 Å². The number of alkyl halides is 1. The van der Waals surface area contributed by atoms with E-state index in [-0.39, 0.29) is 19.1 Å². The highest BCUT2D eigenvalue weighted by Gasteiger charge is 2.32. The molecule has 1 N–H and O–H groups in total. The first kappa shape index (κ1) is 26.3. The van der Waals surface area contributed by atoms with Crippen LogP contribution >= 0.6 is 0 Å². The predicted octanol–water partition coefficient (Wildman–Crippen LogP) is 5.64. The molecule has 1 amide bonds. The van der Waals surface area contributed by atoms with Crippen molar-refractivity contribution < 1.29 is 13.9 Å². The molecule has 1 fully saturated rings. The third-order valence-electron chi connectivity index (χ3n) is 4.51. The maximum atomic E-state index is 14.4. The van der Waals surface area contributed by atoms with Gasteiger partial charge in [0.05, 0.1) is 6.54 Å². The van der Waals surface area contributed by atoms with E-state index in [0.29, 0.717) is 25.5 Å². The molecule has 1 aromatic heterocycles. The molecule has 3 rings (SSSR count). The number of likely N-dealkylation sites (tertiary alicyclic amines) is 1. The number of aryl methyl sites for hydroxylation is 1. The lowest BCUT2D eigenvalue weighted by molar-refractivity contribution is 0.0544. The highest BCUT2D eigenvalue weighted by atomic mass is 19.1. The molecular formula is C24H37FN4O2. The van der Waals surface area contributed by atoms with Crippen LogP contribution in [-0.2, 0) is 11.3 Å². The molecule has 0 spiro atoms. The summed E-state index contributed by atoms with van der Waals surface area (Å²) in [5.74, 6) is 0.305. The zero-order valence-corrected chi connectivity index (χ0v) is 19.5. The Labute approximate surface area is 186 Å². The van der Waals surface area contributed by atoms with Crippen molar-refractivity contribution in [3.63, 3.8) is 0 Å². The van der Waals surface area contributed by atoms with Crippen molar-refractivity contribution in [3.8, 4) is 0 Å². The van der Waals surface area contributed by atoms with Crippen molar-refractivity contribution in [2.45, 2.75) is 60.2 Å². The van der Waals surface area contributed by atoms with Gasteiger partial charge in [0.2, 0.25) is 5.95 Å². The van der Waals surface area contributed by atoms with Gasteiger partial charge >= 0.3 is 6.09 Å². The lowest BCUT2D eigenvalue weighted by atomic mass is 9.95. The van der Waals surface area contributed by atoms with Gasteiger partial charge < -0.3 is 15.0 Å². The summed E-state index contributed by atoms with van der Waals surface area (Å²) in [6.07, 6.45) is 3.52. The van der Waals surface area contributed by atoms with Gasteiger partial charge in [-0.1, -0.05) is 63.9 Å². The number of amides is 1. The lowest BCUT2D eigenvalue weighted by Gasteiger charge is -2.34. The molecule has 2 atom stereocenters. The number of piperidine rings is 1. The summed E-state index contributed by atoms with van der Waals surface area (Å²) < 4.78 is 19.7. The van der Waals surface area contributed by atoms with Crippen LogP contribution in [0.1, 0.15) is 51.7 Å². The average Bonchev–Trinajstić information content (AvgIpc) is 2.80. The Morgan fingerprint density at radius 3 is 2.39 bits per heavy atom. The summed E-state index contributed by atoms with van der Waals surface area (Å²) >= 11 is 0. The number of hydrogen-bond donors (Lipinski definition) is 1. The summed E-state index contributed by atoms with van der Waals surface area (Å²) in [4.78, 5) is 21.7. The van der Waals surface area contributed by atoms with E-state index >= 15 is 0 Å². The molecule has 6 nitrogen and oxygen atoms in total. The van der Waals surface area contributed by atoms with Crippen LogP contribution in [0.5, 0.6) is 0 Å². The fourth-order valence-electron chi connectivity index (χ4n) is 2.88. The number of ether oxygens (including phenoxy) is 1. The predicted molar refractivity (Wildman–Crippen MR) is 124 cm³/mol. The summed E-state index contributed by atoms with van der Waals surface area (Å²) in [6, 6.07) is 9.50. The summed E-state index contributed by atoms with van der Waals surface area (Å²) in [6.45, 7) is 11.4. The Balaban J connectivity index is 0.000000884. The number of benzene rings is 1. The van der Waals surface area contributed by atoms with E-state index in [9.17, 15) is 9.18 Å². The lowest BCUT2D eigenvalue weighted by Crippen LogP contribution is -2.46. The number of carbonyl (C=O) groups is 1. The van der Waals surface area contributed by atoms with Gasteiger partial charge in [0.15, 0.2) is 0 Å². The Kier molecular flexibility index (Phi) is 12.9. The monoisotopic (exact) mass is 432 g/mol. The molecule has 1 aliphatic heterocycles. The van der Waals surface area contributed by atoms with Crippen LogP contribution in [0.2, 0.25) is 0 Å². The number of halogens is 1. The van der Waals surface area contributed by atoms with Crippen molar-refractivity contribution in [2.75, 3.05) is 25.0 Å². The van der Waals surface area contributed by atoms with Crippen LogP contribution in [0.4, 0.5) is 15.1 Å². The third-order valence-corrected chi connectivity index (χ3v) is 4.51. The molecule has 0 aliphatic carbocycles. The number of aromatic nitrogens is 2. The van der Waals surface area contributed by atoms with E-state index in [2.05, 4.69) is 29.1 Å². The molecule has 7 heteroatoms. The molecule has 1 aliphatic rings. The van der Waals surface area contributed by atoms with Gasteiger partial charge in [-0.05, 0) is 25.0 Å². The fraction of sp³-hybridized carbons (Fsp3) is 0.542. The third kappa shape index (κ3) is 9.77. The van der Waals surface area contributed by atoms with Crippen molar-refractivity contribution in [2.24, 2.45) is 5.92 Å². The second-order valence-corrected chi connectivity index (χ2v) is 7.21. The molecule has 2 aromatic rings. The van der Waals surface area contributed by atoms with Crippen LogP contribution in [0.25, 0.3) is 0 Å². The molecule has 0 saturated carbocycles. The van der Waals surface area contributed by atoms with Gasteiger partial charge in [-0.3, -0.25) is 0 Å². The molecule has 0 bridgehead atoms. The maximum Gasteiger partial charge on any atom is 0.410 e. The molecule has 0 radical (unpaired) electrons. The maximum absolute atomic E-state index is 14.4. The van der Waals surface area contributed by atoms with E-state index in [4.69, 9.17) is 4.74 Å². The standard InChI is InChI=1S/C19H23FN4O2.C3H8.C2H6/c1-14-3-5-15(6-4-14)13-26-19(25)24-10-7-16(17(20)12-24)11-23-18-21-8-2-9-22-18;1-3-2;1-2/h2-6,8-9,16-17H,7,10-13H2,1H3,(H,21,22,23);3H2,1-2H3;1-2H3. The quantitative estimate of drug-likeness (QED) is 0.663. The van der Waals surface area contributed by atoms with Crippen LogP contribution < -0.4 is 5.32 Å². The Hall–Kier alpha value is -2.70. The molecule has 31 heavy (non-hydrogen) atoms. The van der Waals surface area contributed by atoms with Gasteiger partial charge in [0.25, 0.3) is 0 Å². The number of hydrogen-bond acceptors (Lipinski definition) is 5. The summed E-state index contributed by atoms with van der Waals surface area (Å²) in [5.41, 5.74) is 2.07. The van der Waals surface area contributed by atoms with E-state index in [1.807, 2.05) is 45.0 Å². The largest absolute Gasteiger partial charge is 0.445 e. The normalized spacial score (nSPS) is 17.4. The van der Waals surface area contributed by atoms with Crippen LogP contribution in [0, 0.1) is 12.8 Å². The number of nitrogens with one attached hydrogen (secondary N) is 1. The van der Waals surface area contributed by atoms with E-state index < -0.39 is 12.3 Å². The highest BCUT2D eigenvalue weighted by molar-refractivity contribution is 5.67. The first-order chi connectivity index (χ1) is 15.0. The Bertz CT molecular complexity index is 728. The average molecular weight is 433 g/mol. The molecule has 1 aromatic carbocycles. The van der Waals surface area contributed by atoms with Crippen molar-refractivity contribution in [1.82, 2.24) is 14.9 Å². The fourth-order valence-corrected chi connectivity index (χ4v) is 2.88. The molecule has 172 valence electrons. The molecular weight excluding hydrogens is 395 g/mol. The Morgan fingerprint density at radius 1 is 1.19 bits per heavy atom. The van der Waals surface area contributed by atoms with Crippen LogP contribution in [-0.4, -0.2) is 46.8 Å². The van der Waals surface area contributed by atoms with E-state index in [0.717, 1.165) is 11.1 Å². The number of carbonyl (C=O) groups excluding carboxylic acids is 1. The number of anilines is 1. The van der Waals surface area contributed by atoms with E-state index in [1.165, 1.54) is 11.3 Å². The minimum Gasteiger partial charge on any atom is -0.445 e. The van der Waals surface area contributed by atoms with Gasteiger partial charge in [-0.25, -0.2) is 19.2 Å². The first-order valence-electron chi connectivity index (χ1n) is 11.2. The first-order valence-corrected chi connectivity index (χ1v) is 11.2. The SMILES string of the molecule is CC.CCC.Cc1ccc(COC(=O)N2CCC(CNc3ncccn3)C(F)C2)cc1. The molecule has 1 saturated heterocycles. The second kappa shape index (κ2) is 15.2. The minimum atomic E-state index is -1.10. The highest BCUT2D eigenvalue weighted by Crippen LogP contribution is 2.22. The van der Waals surface area contributed by atoms with Crippen molar-refractivity contribution >= 4 is 12.0 Å². The van der Waals surface area contributed by atoms with Crippen molar-refractivity contribution in [3.05, 3.63) is 53.9 Å². The number of rotatable bonds is 5. The molecule has 2 unspecified atom stereocenters. The van der Waals surface area contributed by atoms with Crippen LogP contribution in [0.15, 0.2) is 42.7 Å². The minimum absolute atomic E-state index is 0.0503. The molecule has 2 heterocycles. The second-order valence-electron chi connectivity index (χ2n) is 7.21. The summed E-state index contributed by atoms with van der Waals surface area (Å²) in [7, 11) is 0. The topological polar surface area (TPSA) is 67.3 Å². The van der Waals surface area contributed by atoms with E-state index in [1.54, 1.807) is 18.5 Å². The smallest absolute Gasteiger partial charge is 0.410 e. The van der Waals surface area contributed by atoms with Gasteiger partial charge in [-0.15, -0.1) is 0 Å². The zero-order valence-electron chi connectivity index (χ0n) is 19.5. The summed E-state index contributed by atoms with van der Waals surface area (Å²) in [5, 5.41) is 3.04. The zero-order chi connectivity index (χ0) is 23.1.